The van der Waals surface area contributed by atoms with Crippen LogP contribution in [0.1, 0.15) is 34.3 Å². The largest absolute Gasteiger partial charge is 0.332 e. The normalized spacial score (nSPS) is 14.5. The molecule has 1 aliphatic rings. The molecule has 7 nitrogen and oxygen atoms in total. The third kappa shape index (κ3) is 4.88. The van der Waals surface area contributed by atoms with Gasteiger partial charge in [-0.15, -0.1) is 0 Å². The average molecular weight is 430 g/mol. The van der Waals surface area contributed by atoms with E-state index >= 15 is 0 Å². The number of aryl methyl sites for hydroxylation is 2. The van der Waals surface area contributed by atoms with Crippen LogP contribution in [-0.2, 0) is 14.8 Å². The second-order valence-electron chi connectivity index (χ2n) is 7.66. The molecule has 0 bridgehead atoms. The van der Waals surface area contributed by atoms with Crippen molar-refractivity contribution in [3.63, 3.8) is 0 Å². The summed E-state index contributed by atoms with van der Waals surface area (Å²) in [5.41, 5.74) is 2.67. The molecule has 2 aromatic carbocycles. The number of nitrogens with one attached hydrogen (secondary N) is 1. The molecule has 1 saturated heterocycles. The van der Waals surface area contributed by atoms with Crippen LogP contribution in [0.4, 0.5) is 5.69 Å². The summed E-state index contributed by atoms with van der Waals surface area (Å²) in [6.07, 6.45) is 1.69. The van der Waals surface area contributed by atoms with Crippen molar-refractivity contribution in [1.29, 1.82) is 0 Å². The van der Waals surface area contributed by atoms with Gasteiger partial charge in [-0.1, -0.05) is 23.8 Å². The molecule has 8 heteroatoms. The quantitative estimate of drug-likeness (QED) is 0.765. The Morgan fingerprint density at radius 2 is 1.67 bits per heavy atom. The lowest BCUT2D eigenvalue weighted by atomic mass is 10.1. The standard InChI is InChI=1S/C22H27N3O4S/c1-16-6-9-18(10-7-16)23-21(26)15-24(3)22(27)20-14-19(11-8-17(20)2)30(28,29)25-12-4-5-13-25/h6-11,14H,4-5,12-13,15H2,1-3H3,(H,23,26). The molecule has 0 aromatic heterocycles. The number of sulfonamides is 1. The number of hydrogen-bond donors (Lipinski definition) is 1. The molecule has 0 spiro atoms. The highest BCUT2D eigenvalue weighted by molar-refractivity contribution is 7.89. The number of carbonyl (C=O) groups is 2. The number of hydrogen-bond acceptors (Lipinski definition) is 4. The van der Waals surface area contributed by atoms with Gasteiger partial charge in [-0.3, -0.25) is 9.59 Å². The predicted octanol–water partition coefficient (Wildman–Crippen LogP) is 2.80. The maximum atomic E-state index is 12.9. The summed E-state index contributed by atoms with van der Waals surface area (Å²) in [4.78, 5) is 26.7. The zero-order chi connectivity index (χ0) is 21.9. The molecule has 3 rings (SSSR count). The van der Waals surface area contributed by atoms with E-state index in [1.54, 1.807) is 25.1 Å². The van der Waals surface area contributed by atoms with Crippen LogP contribution in [0.2, 0.25) is 0 Å². The summed E-state index contributed by atoms with van der Waals surface area (Å²) < 4.78 is 27.1. The van der Waals surface area contributed by atoms with Gasteiger partial charge in [0.25, 0.3) is 5.91 Å². The van der Waals surface area contributed by atoms with Gasteiger partial charge in [-0.2, -0.15) is 4.31 Å². The Labute approximate surface area is 177 Å². The number of anilines is 1. The zero-order valence-corrected chi connectivity index (χ0v) is 18.3. The Morgan fingerprint density at radius 1 is 1.03 bits per heavy atom. The molecule has 0 saturated carbocycles. The molecule has 0 radical (unpaired) electrons. The van der Waals surface area contributed by atoms with Gasteiger partial charge in [0.2, 0.25) is 15.9 Å². The van der Waals surface area contributed by atoms with Crippen molar-refractivity contribution < 1.29 is 18.0 Å². The monoisotopic (exact) mass is 429 g/mol. The molecule has 160 valence electrons. The number of likely N-dealkylation sites (N-methyl/N-ethyl adjacent to an activating group) is 1. The van der Waals surface area contributed by atoms with E-state index in [1.807, 2.05) is 19.1 Å². The Balaban J connectivity index is 1.73. The summed E-state index contributed by atoms with van der Waals surface area (Å²) in [6.45, 7) is 4.56. The molecule has 0 unspecified atom stereocenters. The van der Waals surface area contributed by atoms with Gasteiger partial charge in [-0.25, -0.2) is 8.42 Å². The molecule has 1 aliphatic heterocycles. The minimum absolute atomic E-state index is 0.107. The Hall–Kier alpha value is -2.71. The Kier molecular flexibility index (Phi) is 6.58. The molecule has 1 heterocycles. The summed E-state index contributed by atoms with van der Waals surface area (Å²) in [5.74, 6) is -0.724. The third-order valence-electron chi connectivity index (χ3n) is 5.21. The van der Waals surface area contributed by atoms with Gasteiger partial charge in [0.05, 0.1) is 11.4 Å². The van der Waals surface area contributed by atoms with Crippen molar-refractivity contribution in [2.45, 2.75) is 31.6 Å². The van der Waals surface area contributed by atoms with E-state index in [1.165, 1.54) is 28.4 Å². The zero-order valence-electron chi connectivity index (χ0n) is 17.5. The highest BCUT2D eigenvalue weighted by atomic mass is 32.2. The fraction of sp³-hybridized carbons (Fsp3) is 0.364. The maximum absolute atomic E-state index is 12.9. The smallest absolute Gasteiger partial charge is 0.254 e. The lowest BCUT2D eigenvalue weighted by molar-refractivity contribution is -0.116. The maximum Gasteiger partial charge on any atom is 0.254 e. The molecule has 30 heavy (non-hydrogen) atoms. The third-order valence-corrected chi connectivity index (χ3v) is 7.10. The highest BCUT2D eigenvalue weighted by Gasteiger charge is 2.28. The van der Waals surface area contributed by atoms with Crippen LogP contribution in [-0.4, -0.2) is 56.1 Å². The molecule has 2 aromatic rings. The Morgan fingerprint density at radius 3 is 2.30 bits per heavy atom. The molecular formula is C22H27N3O4S. The molecule has 0 atom stereocenters. The van der Waals surface area contributed by atoms with Crippen LogP contribution in [0, 0.1) is 13.8 Å². The molecule has 0 aliphatic carbocycles. The van der Waals surface area contributed by atoms with Crippen LogP contribution in [0.25, 0.3) is 0 Å². The van der Waals surface area contributed by atoms with E-state index in [0.29, 0.717) is 24.3 Å². The summed E-state index contributed by atoms with van der Waals surface area (Å²) in [5, 5.41) is 2.76. The van der Waals surface area contributed by atoms with Crippen LogP contribution in [0.3, 0.4) is 0 Å². The van der Waals surface area contributed by atoms with Gasteiger partial charge in [0.1, 0.15) is 0 Å². The summed E-state index contributed by atoms with van der Waals surface area (Å²) in [7, 11) is -2.10. The van der Waals surface area contributed by atoms with Crippen LogP contribution >= 0.6 is 0 Å². The summed E-state index contributed by atoms with van der Waals surface area (Å²) >= 11 is 0. The molecule has 1 N–H and O–H groups in total. The lowest BCUT2D eigenvalue weighted by Gasteiger charge is -2.20. The minimum Gasteiger partial charge on any atom is -0.332 e. The number of nitrogens with zero attached hydrogens (tertiary/aromatic N) is 2. The Bertz CT molecular complexity index is 1040. The van der Waals surface area contributed by atoms with E-state index in [2.05, 4.69) is 5.32 Å². The first-order chi connectivity index (χ1) is 14.2. The predicted molar refractivity (Wildman–Crippen MR) is 116 cm³/mol. The molecule has 2 amide bonds. The SMILES string of the molecule is Cc1ccc(NC(=O)CN(C)C(=O)c2cc(S(=O)(=O)N3CCCC3)ccc2C)cc1. The van der Waals surface area contributed by atoms with E-state index in [0.717, 1.165) is 18.4 Å². The van der Waals surface area contributed by atoms with E-state index in [9.17, 15) is 18.0 Å². The van der Waals surface area contributed by atoms with Crippen molar-refractivity contribution in [2.24, 2.45) is 0 Å². The highest BCUT2D eigenvalue weighted by Crippen LogP contribution is 2.23. The summed E-state index contributed by atoms with van der Waals surface area (Å²) in [6, 6.07) is 12.0. The first kappa shape index (κ1) is 22.0. The topological polar surface area (TPSA) is 86.8 Å². The van der Waals surface area contributed by atoms with Crippen LogP contribution in [0.15, 0.2) is 47.4 Å². The van der Waals surface area contributed by atoms with Gasteiger partial charge in [0, 0.05) is 31.4 Å². The van der Waals surface area contributed by atoms with Crippen molar-refractivity contribution in [1.82, 2.24) is 9.21 Å². The number of benzene rings is 2. The second-order valence-corrected chi connectivity index (χ2v) is 9.60. The van der Waals surface area contributed by atoms with Gasteiger partial charge in [-0.05, 0) is 56.5 Å². The number of rotatable bonds is 6. The first-order valence-electron chi connectivity index (χ1n) is 9.91. The second kappa shape index (κ2) is 8.97. The van der Waals surface area contributed by atoms with Crippen molar-refractivity contribution in [2.75, 3.05) is 32.0 Å². The van der Waals surface area contributed by atoms with Crippen molar-refractivity contribution >= 4 is 27.5 Å². The first-order valence-corrected chi connectivity index (χ1v) is 11.4. The van der Waals surface area contributed by atoms with Gasteiger partial charge < -0.3 is 10.2 Å². The van der Waals surface area contributed by atoms with Gasteiger partial charge in [0.15, 0.2) is 0 Å². The van der Waals surface area contributed by atoms with E-state index in [-0.39, 0.29) is 22.9 Å². The fourth-order valence-electron chi connectivity index (χ4n) is 3.40. The van der Waals surface area contributed by atoms with E-state index in [4.69, 9.17) is 0 Å². The van der Waals surface area contributed by atoms with Crippen molar-refractivity contribution in [3.8, 4) is 0 Å². The number of carbonyl (C=O) groups excluding carboxylic acids is 2. The molecule has 1 fully saturated rings. The fourth-order valence-corrected chi connectivity index (χ4v) is 4.94. The average Bonchev–Trinajstić information content (AvgIpc) is 3.25. The minimum atomic E-state index is -3.62. The van der Waals surface area contributed by atoms with Gasteiger partial charge >= 0.3 is 0 Å². The van der Waals surface area contributed by atoms with Crippen LogP contribution < -0.4 is 5.32 Å². The van der Waals surface area contributed by atoms with E-state index < -0.39 is 15.9 Å². The van der Waals surface area contributed by atoms with Crippen LogP contribution in [0.5, 0.6) is 0 Å². The lowest BCUT2D eigenvalue weighted by Crippen LogP contribution is -2.35. The number of amides is 2. The molecular weight excluding hydrogens is 402 g/mol. The van der Waals surface area contributed by atoms with Crippen molar-refractivity contribution in [3.05, 3.63) is 59.2 Å².